The molecule has 1 N–H and O–H groups in total. The normalized spacial score (nSPS) is 25.2. The van der Waals surface area contributed by atoms with Crippen molar-refractivity contribution in [2.45, 2.75) is 44.6 Å². The summed E-state index contributed by atoms with van der Waals surface area (Å²) in [6.45, 7) is 1.94. The first-order chi connectivity index (χ1) is 9.19. The molecule has 5 heteroatoms. The van der Waals surface area contributed by atoms with Crippen molar-refractivity contribution in [1.82, 2.24) is 10.2 Å². The predicted molar refractivity (Wildman–Crippen MR) is 71.6 cm³/mol. The Bertz CT molecular complexity index is 327. The zero-order valence-electron chi connectivity index (χ0n) is 11.7. The Hall–Kier alpha value is -1.10. The van der Waals surface area contributed by atoms with Gasteiger partial charge in [-0.05, 0) is 32.2 Å². The van der Waals surface area contributed by atoms with Crippen molar-refractivity contribution in [2.75, 3.05) is 26.7 Å². The Morgan fingerprint density at radius 2 is 1.95 bits per heavy atom. The van der Waals surface area contributed by atoms with Gasteiger partial charge in [0.1, 0.15) is 0 Å². The number of methoxy groups -OCH3 is 1. The SMILES string of the molecule is COC(=O)[C@H]1CCCN(CC(=O)NC2CCCC2)C1. The number of carbonyl (C=O) groups excluding carboxylic acids is 2. The second-order valence-corrected chi connectivity index (χ2v) is 5.65. The van der Waals surface area contributed by atoms with Crippen LogP contribution >= 0.6 is 0 Å². The Kier molecular flexibility index (Phi) is 5.19. The van der Waals surface area contributed by atoms with Crippen LogP contribution in [0.5, 0.6) is 0 Å². The Labute approximate surface area is 114 Å². The van der Waals surface area contributed by atoms with E-state index >= 15 is 0 Å². The van der Waals surface area contributed by atoms with Crippen LogP contribution in [-0.4, -0.2) is 49.6 Å². The van der Waals surface area contributed by atoms with Gasteiger partial charge in [0, 0.05) is 12.6 Å². The minimum absolute atomic E-state index is 0.0713. The van der Waals surface area contributed by atoms with Gasteiger partial charge in [-0.3, -0.25) is 14.5 Å². The Morgan fingerprint density at radius 1 is 1.21 bits per heavy atom. The van der Waals surface area contributed by atoms with Gasteiger partial charge in [0.15, 0.2) is 0 Å². The molecule has 0 aromatic carbocycles. The first kappa shape index (κ1) is 14.3. The summed E-state index contributed by atoms with van der Waals surface area (Å²) >= 11 is 0. The van der Waals surface area contributed by atoms with E-state index in [0.29, 0.717) is 19.1 Å². The number of ether oxygens (including phenoxy) is 1. The molecule has 0 aromatic rings. The maximum atomic E-state index is 11.9. The van der Waals surface area contributed by atoms with Crippen molar-refractivity contribution in [3.63, 3.8) is 0 Å². The molecule has 0 unspecified atom stereocenters. The number of rotatable bonds is 4. The van der Waals surface area contributed by atoms with Gasteiger partial charge in [-0.1, -0.05) is 12.8 Å². The molecule has 1 amide bonds. The molecule has 0 radical (unpaired) electrons. The van der Waals surface area contributed by atoms with Gasteiger partial charge in [0.25, 0.3) is 0 Å². The number of esters is 1. The smallest absolute Gasteiger partial charge is 0.309 e. The monoisotopic (exact) mass is 268 g/mol. The maximum absolute atomic E-state index is 11.9. The molecule has 5 nitrogen and oxygen atoms in total. The van der Waals surface area contributed by atoms with Crippen LogP contribution in [0.4, 0.5) is 0 Å². The summed E-state index contributed by atoms with van der Waals surface area (Å²) in [6, 6.07) is 0.369. The highest BCUT2D eigenvalue weighted by Crippen LogP contribution is 2.19. The van der Waals surface area contributed by atoms with Crippen molar-refractivity contribution in [1.29, 1.82) is 0 Å². The van der Waals surface area contributed by atoms with Crippen LogP contribution in [0, 0.1) is 5.92 Å². The molecule has 1 heterocycles. The van der Waals surface area contributed by atoms with Crippen molar-refractivity contribution < 1.29 is 14.3 Å². The van der Waals surface area contributed by atoms with Crippen LogP contribution < -0.4 is 5.32 Å². The molecule has 0 spiro atoms. The van der Waals surface area contributed by atoms with Crippen LogP contribution in [-0.2, 0) is 14.3 Å². The van der Waals surface area contributed by atoms with Crippen LogP contribution in [0.1, 0.15) is 38.5 Å². The molecule has 1 aliphatic heterocycles. The molecular weight excluding hydrogens is 244 g/mol. The van der Waals surface area contributed by atoms with E-state index in [2.05, 4.69) is 10.2 Å². The van der Waals surface area contributed by atoms with E-state index in [1.165, 1.54) is 20.0 Å². The number of hydrogen-bond donors (Lipinski definition) is 1. The molecule has 108 valence electrons. The zero-order chi connectivity index (χ0) is 13.7. The summed E-state index contributed by atoms with van der Waals surface area (Å²) in [5, 5.41) is 3.09. The number of amides is 1. The molecule has 0 aromatic heterocycles. The largest absolute Gasteiger partial charge is 0.469 e. The minimum Gasteiger partial charge on any atom is -0.469 e. The third-order valence-electron chi connectivity index (χ3n) is 4.13. The van der Waals surface area contributed by atoms with E-state index < -0.39 is 0 Å². The average molecular weight is 268 g/mol. The van der Waals surface area contributed by atoms with Gasteiger partial charge in [0.2, 0.25) is 5.91 Å². The molecule has 2 fully saturated rings. The fraction of sp³-hybridized carbons (Fsp3) is 0.857. The summed E-state index contributed by atoms with van der Waals surface area (Å²) in [5.74, 6) is -0.128. The first-order valence-corrected chi connectivity index (χ1v) is 7.28. The van der Waals surface area contributed by atoms with Gasteiger partial charge in [-0.2, -0.15) is 0 Å². The summed E-state index contributed by atoms with van der Waals surface area (Å²) in [7, 11) is 1.42. The fourth-order valence-electron chi connectivity index (χ4n) is 3.10. The van der Waals surface area contributed by atoms with Crippen molar-refractivity contribution >= 4 is 11.9 Å². The lowest BCUT2D eigenvalue weighted by Crippen LogP contribution is -2.46. The van der Waals surface area contributed by atoms with E-state index in [9.17, 15) is 9.59 Å². The molecule has 2 rings (SSSR count). The van der Waals surface area contributed by atoms with Crippen molar-refractivity contribution in [3.05, 3.63) is 0 Å². The summed E-state index contributed by atoms with van der Waals surface area (Å²) in [5.41, 5.74) is 0. The predicted octanol–water partition coefficient (Wildman–Crippen LogP) is 0.930. The molecule has 1 saturated carbocycles. The molecular formula is C14H24N2O3. The number of likely N-dealkylation sites (tertiary alicyclic amines) is 1. The van der Waals surface area contributed by atoms with Crippen LogP contribution in [0.15, 0.2) is 0 Å². The maximum Gasteiger partial charge on any atom is 0.309 e. The molecule has 0 bridgehead atoms. The average Bonchev–Trinajstić information content (AvgIpc) is 2.90. The van der Waals surface area contributed by atoms with E-state index in [0.717, 1.165) is 32.2 Å². The highest BCUT2D eigenvalue weighted by molar-refractivity contribution is 5.78. The zero-order valence-corrected chi connectivity index (χ0v) is 11.7. The molecule has 1 atom stereocenters. The van der Waals surface area contributed by atoms with E-state index in [1.807, 2.05) is 0 Å². The van der Waals surface area contributed by atoms with Gasteiger partial charge in [0.05, 0.1) is 19.6 Å². The lowest BCUT2D eigenvalue weighted by Gasteiger charge is -2.30. The van der Waals surface area contributed by atoms with Gasteiger partial charge in [-0.25, -0.2) is 0 Å². The van der Waals surface area contributed by atoms with Crippen LogP contribution in [0.25, 0.3) is 0 Å². The number of nitrogens with one attached hydrogen (secondary N) is 1. The van der Waals surface area contributed by atoms with Gasteiger partial charge < -0.3 is 10.1 Å². The fourth-order valence-corrected chi connectivity index (χ4v) is 3.10. The number of carbonyl (C=O) groups is 2. The highest BCUT2D eigenvalue weighted by Gasteiger charge is 2.27. The Balaban J connectivity index is 1.74. The molecule has 1 saturated heterocycles. The molecule has 2 aliphatic rings. The quantitative estimate of drug-likeness (QED) is 0.771. The third-order valence-corrected chi connectivity index (χ3v) is 4.13. The molecule has 1 aliphatic carbocycles. The number of hydrogen-bond acceptors (Lipinski definition) is 4. The summed E-state index contributed by atoms with van der Waals surface area (Å²) in [4.78, 5) is 25.5. The highest BCUT2D eigenvalue weighted by atomic mass is 16.5. The Morgan fingerprint density at radius 3 is 2.63 bits per heavy atom. The third kappa shape index (κ3) is 4.20. The standard InChI is InChI=1S/C14H24N2O3/c1-19-14(18)11-5-4-8-16(9-11)10-13(17)15-12-6-2-3-7-12/h11-12H,2-10H2,1H3,(H,15,17)/t11-/m0/s1. The first-order valence-electron chi connectivity index (χ1n) is 7.28. The molecule has 19 heavy (non-hydrogen) atoms. The summed E-state index contributed by atoms with van der Waals surface area (Å²) in [6.07, 6.45) is 6.48. The van der Waals surface area contributed by atoms with Crippen LogP contribution in [0.2, 0.25) is 0 Å². The lowest BCUT2D eigenvalue weighted by molar-refractivity contribution is -0.147. The summed E-state index contributed by atoms with van der Waals surface area (Å²) < 4.78 is 4.78. The van der Waals surface area contributed by atoms with E-state index in [4.69, 9.17) is 4.74 Å². The van der Waals surface area contributed by atoms with E-state index in [-0.39, 0.29) is 17.8 Å². The minimum atomic E-state index is -0.152. The number of piperidine rings is 1. The van der Waals surface area contributed by atoms with E-state index in [1.54, 1.807) is 0 Å². The second-order valence-electron chi connectivity index (χ2n) is 5.65. The van der Waals surface area contributed by atoms with Gasteiger partial charge >= 0.3 is 5.97 Å². The van der Waals surface area contributed by atoms with Crippen molar-refractivity contribution in [3.8, 4) is 0 Å². The van der Waals surface area contributed by atoms with Crippen LogP contribution in [0.3, 0.4) is 0 Å². The van der Waals surface area contributed by atoms with Gasteiger partial charge in [-0.15, -0.1) is 0 Å². The van der Waals surface area contributed by atoms with Crippen molar-refractivity contribution in [2.24, 2.45) is 5.92 Å². The lowest BCUT2D eigenvalue weighted by atomic mass is 9.98. The topological polar surface area (TPSA) is 58.6 Å². The number of nitrogens with zero attached hydrogens (tertiary/aromatic N) is 1. The second kappa shape index (κ2) is 6.89.